The highest BCUT2D eigenvalue weighted by atomic mass is 19.1. The monoisotopic (exact) mass is 369 g/mol. The van der Waals surface area contributed by atoms with E-state index in [-0.39, 0.29) is 12.4 Å². The molecule has 0 radical (unpaired) electrons. The molecule has 2 rings (SSSR count). The summed E-state index contributed by atoms with van der Waals surface area (Å²) in [7, 11) is 1.51. The molecule has 0 unspecified atom stereocenters. The van der Waals surface area contributed by atoms with Gasteiger partial charge in [-0.3, -0.25) is 4.99 Å². The van der Waals surface area contributed by atoms with E-state index in [0.29, 0.717) is 22.9 Å². The summed E-state index contributed by atoms with van der Waals surface area (Å²) >= 11 is 0. The molecule has 2 aromatic carbocycles. The van der Waals surface area contributed by atoms with Crippen LogP contribution in [0.1, 0.15) is 11.1 Å². The van der Waals surface area contributed by atoms with Crippen LogP contribution in [0.15, 0.2) is 50.7 Å². The standard InChI is InChI=1S/C19H20FN5O2/c1-13-10-15(20)4-5-16(13)22-8-9-24-27-19-11-14(2)17(12-18(19)26-3)25-23-7-6-21/h4-6,8-12,21H,7H2,1-3H3. The highest BCUT2D eigenvalue weighted by Crippen LogP contribution is 2.34. The van der Waals surface area contributed by atoms with Crippen molar-refractivity contribution in [1.29, 1.82) is 5.41 Å². The van der Waals surface area contributed by atoms with Crippen molar-refractivity contribution < 1.29 is 14.0 Å². The predicted octanol–water partition coefficient (Wildman–Crippen LogP) is 4.95. The molecule has 27 heavy (non-hydrogen) atoms. The molecule has 0 aliphatic heterocycles. The molecule has 0 fully saturated rings. The van der Waals surface area contributed by atoms with Crippen molar-refractivity contribution in [2.24, 2.45) is 20.4 Å². The van der Waals surface area contributed by atoms with Crippen LogP contribution in [0.3, 0.4) is 0 Å². The van der Waals surface area contributed by atoms with Crippen molar-refractivity contribution in [3.05, 3.63) is 47.3 Å². The van der Waals surface area contributed by atoms with Crippen LogP contribution in [-0.2, 0) is 0 Å². The first-order valence-corrected chi connectivity index (χ1v) is 8.09. The number of nitrogens with zero attached hydrogens (tertiary/aromatic N) is 4. The lowest BCUT2D eigenvalue weighted by Gasteiger charge is -2.08. The number of aryl methyl sites for hydroxylation is 2. The van der Waals surface area contributed by atoms with Crippen LogP contribution >= 0.6 is 0 Å². The fourth-order valence-corrected chi connectivity index (χ4v) is 2.14. The molecule has 0 spiro atoms. The quantitative estimate of drug-likeness (QED) is 0.405. The first-order valence-electron chi connectivity index (χ1n) is 8.09. The Labute approximate surface area is 156 Å². The van der Waals surface area contributed by atoms with Crippen LogP contribution in [0, 0.1) is 25.1 Å². The number of rotatable bonds is 8. The van der Waals surface area contributed by atoms with Gasteiger partial charge in [0.15, 0.2) is 11.5 Å². The molecule has 7 nitrogen and oxygen atoms in total. The van der Waals surface area contributed by atoms with E-state index in [4.69, 9.17) is 15.0 Å². The molecule has 0 saturated heterocycles. The summed E-state index contributed by atoms with van der Waals surface area (Å²) in [6, 6.07) is 7.77. The van der Waals surface area contributed by atoms with Crippen LogP contribution in [0.2, 0.25) is 0 Å². The van der Waals surface area contributed by atoms with Gasteiger partial charge in [0, 0.05) is 18.5 Å². The lowest BCUT2D eigenvalue weighted by Crippen LogP contribution is -1.92. The lowest BCUT2D eigenvalue weighted by molar-refractivity contribution is 0.313. The minimum Gasteiger partial charge on any atom is -0.493 e. The molecule has 0 saturated carbocycles. The molecule has 0 amide bonds. The number of methoxy groups -OCH3 is 1. The topological polar surface area (TPSA) is 91.8 Å². The second-order valence-electron chi connectivity index (χ2n) is 5.47. The molecule has 8 heteroatoms. The van der Waals surface area contributed by atoms with Crippen molar-refractivity contribution in [3.8, 4) is 11.5 Å². The highest BCUT2D eigenvalue weighted by Gasteiger charge is 2.09. The van der Waals surface area contributed by atoms with E-state index in [1.807, 2.05) is 6.92 Å². The van der Waals surface area contributed by atoms with Crippen LogP contribution < -0.4 is 9.57 Å². The Morgan fingerprint density at radius 1 is 1.04 bits per heavy atom. The van der Waals surface area contributed by atoms with Crippen molar-refractivity contribution in [1.82, 2.24) is 0 Å². The van der Waals surface area contributed by atoms with Crippen LogP contribution in [0.5, 0.6) is 11.5 Å². The third-order valence-corrected chi connectivity index (χ3v) is 3.48. The Kier molecular flexibility index (Phi) is 7.30. The summed E-state index contributed by atoms with van der Waals surface area (Å²) in [5.74, 6) is 0.572. The summed E-state index contributed by atoms with van der Waals surface area (Å²) in [5.41, 5.74) is 2.82. The normalized spacial score (nSPS) is 11.6. The molecule has 0 heterocycles. The summed E-state index contributed by atoms with van der Waals surface area (Å²) in [6.07, 6.45) is 4.01. The van der Waals surface area contributed by atoms with E-state index < -0.39 is 0 Å². The van der Waals surface area contributed by atoms with Gasteiger partial charge in [-0.1, -0.05) is 5.16 Å². The first-order chi connectivity index (χ1) is 13.0. The van der Waals surface area contributed by atoms with Crippen LogP contribution in [0.25, 0.3) is 0 Å². The predicted molar refractivity (Wildman–Crippen MR) is 104 cm³/mol. The van der Waals surface area contributed by atoms with E-state index in [0.717, 1.165) is 17.3 Å². The summed E-state index contributed by atoms with van der Waals surface area (Å²) in [4.78, 5) is 9.56. The van der Waals surface area contributed by atoms with Gasteiger partial charge in [0.25, 0.3) is 0 Å². The molecule has 2 aromatic rings. The average Bonchev–Trinajstić information content (AvgIpc) is 2.64. The maximum absolute atomic E-state index is 13.1. The second kappa shape index (κ2) is 9.91. The van der Waals surface area contributed by atoms with Crippen LogP contribution in [0.4, 0.5) is 15.8 Å². The van der Waals surface area contributed by atoms with Gasteiger partial charge in [-0.15, -0.1) is 0 Å². The lowest BCUT2D eigenvalue weighted by atomic mass is 10.2. The largest absolute Gasteiger partial charge is 0.493 e. The Morgan fingerprint density at radius 2 is 1.81 bits per heavy atom. The summed E-state index contributed by atoms with van der Waals surface area (Å²) in [5, 5.41) is 18.7. The average molecular weight is 369 g/mol. The van der Waals surface area contributed by atoms with Gasteiger partial charge < -0.3 is 15.0 Å². The first kappa shape index (κ1) is 19.9. The number of hydrogen-bond donors (Lipinski definition) is 1. The second-order valence-corrected chi connectivity index (χ2v) is 5.47. The maximum Gasteiger partial charge on any atom is 0.200 e. The molecular formula is C19H20FN5O2. The summed E-state index contributed by atoms with van der Waals surface area (Å²) < 4.78 is 18.4. The zero-order valence-corrected chi connectivity index (χ0v) is 15.3. The number of oxime groups is 1. The third-order valence-electron chi connectivity index (χ3n) is 3.48. The van der Waals surface area contributed by atoms with Crippen molar-refractivity contribution >= 4 is 30.0 Å². The van der Waals surface area contributed by atoms with Gasteiger partial charge in [-0.05, 0) is 49.2 Å². The van der Waals surface area contributed by atoms with Gasteiger partial charge in [-0.2, -0.15) is 10.2 Å². The maximum atomic E-state index is 13.1. The number of hydrogen-bond acceptors (Lipinski definition) is 7. The zero-order chi connectivity index (χ0) is 19.6. The fourth-order valence-electron chi connectivity index (χ4n) is 2.14. The van der Waals surface area contributed by atoms with Crippen molar-refractivity contribution in [3.63, 3.8) is 0 Å². The minimum absolute atomic E-state index is 0.219. The molecule has 0 aliphatic rings. The minimum atomic E-state index is -0.299. The number of benzene rings is 2. The molecular weight excluding hydrogens is 349 g/mol. The molecule has 1 N–H and O–H groups in total. The number of ether oxygens (including phenoxy) is 1. The third kappa shape index (κ3) is 5.81. The van der Waals surface area contributed by atoms with Gasteiger partial charge in [-0.25, -0.2) is 4.39 Å². The molecule has 0 aromatic heterocycles. The number of halogens is 1. The fraction of sp³-hybridized carbons (Fsp3) is 0.211. The van der Waals surface area contributed by atoms with E-state index >= 15 is 0 Å². The summed E-state index contributed by atoms with van der Waals surface area (Å²) in [6.45, 7) is 3.85. The molecule has 0 atom stereocenters. The number of aliphatic imine (C=N–C) groups is 1. The smallest absolute Gasteiger partial charge is 0.200 e. The number of azo groups is 1. The molecule has 0 aliphatic carbocycles. The van der Waals surface area contributed by atoms with Crippen molar-refractivity contribution in [2.45, 2.75) is 13.8 Å². The molecule has 140 valence electrons. The van der Waals surface area contributed by atoms with Gasteiger partial charge in [0.2, 0.25) is 0 Å². The van der Waals surface area contributed by atoms with Gasteiger partial charge >= 0.3 is 0 Å². The van der Waals surface area contributed by atoms with E-state index in [1.54, 1.807) is 25.1 Å². The number of nitrogens with one attached hydrogen (secondary N) is 1. The Hall–Kier alpha value is -3.42. The Morgan fingerprint density at radius 3 is 2.52 bits per heavy atom. The van der Waals surface area contributed by atoms with E-state index in [9.17, 15) is 4.39 Å². The van der Waals surface area contributed by atoms with Crippen molar-refractivity contribution in [2.75, 3.05) is 13.7 Å². The Bertz CT molecular complexity index is 894. The molecule has 0 bridgehead atoms. The van der Waals surface area contributed by atoms with E-state index in [1.165, 1.54) is 31.7 Å². The Balaban J connectivity index is 2.08. The van der Waals surface area contributed by atoms with Crippen LogP contribution in [-0.4, -0.2) is 32.3 Å². The highest BCUT2D eigenvalue weighted by molar-refractivity contribution is 6.16. The van der Waals surface area contributed by atoms with Gasteiger partial charge in [0.05, 0.1) is 31.2 Å². The zero-order valence-electron chi connectivity index (χ0n) is 15.3. The van der Waals surface area contributed by atoms with Gasteiger partial charge in [0.1, 0.15) is 5.82 Å². The van der Waals surface area contributed by atoms with E-state index in [2.05, 4.69) is 20.4 Å². The SMILES string of the molecule is COc1cc(N=NCC=N)c(C)cc1ON=CC=Nc1ccc(F)cc1C.